The zero-order valence-corrected chi connectivity index (χ0v) is 20.9. The molecular formula is C28H34N4OS. The predicted molar refractivity (Wildman–Crippen MR) is 138 cm³/mol. The minimum atomic E-state index is 0.0143. The summed E-state index contributed by atoms with van der Waals surface area (Å²) in [6.45, 7) is 7.16. The number of nitrogens with one attached hydrogen (secondary N) is 1. The van der Waals surface area contributed by atoms with Crippen molar-refractivity contribution in [3.63, 3.8) is 0 Å². The van der Waals surface area contributed by atoms with Crippen LogP contribution in [0.3, 0.4) is 0 Å². The number of likely N-dealkylation sites (tertiary alicyclic amines) is 1. The summed E-state index contributed by atoms with van der Waals surface area (Å²) < 4.78 is 2.17. The molecule has 1 aliphatic carbocycles. The lowest BCUT2D eigenvalue weighted by Crippen LogP contribution is -2.38. The maximum atomic E-state index is 13.2. The van der Waals surface area contributed by atoms with Crippen LogP contribution in [0.1, 0.15) is 67.0 Å². The Bertz CT molecular complexity index is 1110. The van der Waals surface area contributed by atoms with Gasteiger partial charge in [0, 0.05) is 54.5 Å². The Hall–Kier alpha value is -2.73. The summed E-state index contributed by atoms with van der Waals surface area (Å²) in [6, 6.07) is 21.5. The quantitative estimate of drug-likeness (QED) is 0.408. The van der Waals surface area contributed by atoms with E-state index in [0.717, 1.165) is 24.4 Å². The van der Waals surface area contributed by atoms with E-state index in [-0.39, 0.29) is 17.9 Å². The molecule has 2 heterocycles. The Morgan fingerprint density at radius 3 is 2.44 bits per heavy atom. The van der Waals surface area contributed by atoms with Crippen LogP contribution in [0.25, 0.3) is 0 Å². The highest BCUT2D eigenvalue weighted by atomic mass is 32.2. The van der Waals surface area contributed by atoms with Crippen molar-refractivity contribution in [3.8, 4) is 0 Å². The third-order valence-corrected chi connectivity index (χ3v) is 7.91. The molecule has 178 valence electrons. The van der Waals surface area contributed by atoms with E-state index >= 15 is 0 Å². The van der Waals surface area contributed by atoms with E-state index in [9.17, 15) is 4.79 Å². The highest BCUT2D eigenvalue weighted by molar-refractivity contribution is 7.99. The SMILES string of the molecule is CCSc1ccc(CNC(=O)N2CC(c3ccccc3)C(c3cc(C4CC4)nn3CC)C2)cc1. The van der Waals surface area contributed by atoms with E-state index in [2.05, 4.69) is 84.5 Å². The number of benzene rings is 2. The van der Waals surface area contributed by atoms with Crippen LogP contribution in [0.4, 0.5) is 4.79 Å². The van der Waals surface area contributed by atoms with E-state index in [1.165, 1.54) is 34.7 Å². The number of rotatable bonds is 8. The number of hydrogen-bond donors (Lipinski definition) is 1. The maximum absolute atomic E-state index is 13.2. The fourth-order valence-corrected chi connectivity index (χ4v) is 5.71. The Labute approximate surface area is 206 Å². The molecule has 0 radical (unpaired) electrons. The summed E-state index contributed by atoms with van der Waals surface area (Å²) >= 11 is 1.83. The number of carbonyl (C=O) groups excluding carboxylic acids is 1. The Balaban J connectivity index is 1.32. The lowest BCUT2D eigenvalue weighted by atomic mass is 9.86. The third kappa shape index (κ3) is 5.02. The number of aryl methyl sites for hydroxylation is 1. The predicted octanol–water partition coefficient (Wildman–Crippen LogP) is 5.99. The average molecular weight is 475 g/mol. The second kappa shape index (κ2) is 10.3. The summed E-state index contributed by atoms with van der Waals surface area (Å²) in [5.74, 6) is 2.21. The summed E-state index contributed by atoms with van der Waals surface area (Å²) in [4.78, 5) is 16.5. The van der Waals surface area contributed by atoms with E-state index in [0.29, 0.717) is 19.0 Å². The molecular weight excluding hydrogens is 440 g/mol. The van der Waals surface area contributed by atoms with Gasteiger partial charge in [-0.2, -0.15) is 5.10 Å². The molecule has 6 heteroatoms. The number of carbonyl (C=O) groups is 1. The van der Waals surface area contributed by atoms with Gasteiger partial charge in [-0.3, -0.25) is 4.68 Å². The summed E-state index contributed by atoms with van der Waals surface area (Å²) in [6.07, 6.45) is 2.50. The second-order valence-electron chi connectivity index (χ2n) is 9.35. The summed E-state index contributed by atoms with van der Waals surface area (Å²) in [5.41, 5.74) is 4.93. The second-order valence-corrected chi connectivity index (χ2v) is 10.7. The van der Waals surface area contributed by atoms with Gasteiger partial charge in [0.2, 0.25) is 0 Å². The molecule has 2 aromatic carbocycles. The van der Waals surface area contributed by atoms with Crippen molar-refractivity contribution >= 4 is 17.8 Å². The van der Waals surface area contributed by atoms with Crippen LogP contribution >= 0.6 is 11.8 Å². The van der Waals surface area contributed by atoms with Crippen molar-refractivity contribution < 1.29 is 4.79 Å². The van der Waals surface area contributed by atoms with Crippen LogP contribution in [-0.4, -0.2) is 39.6 Å². The summed E-state index contributed by atoms with van der Waals surface area (Å²) in [7, 11) is 0. The Morgan fingerprint density at radius 2 is 1.76 bits per heavy atom. The first-order valence-electron chi connectivity index (χ1n) is 12.5. The number of amides is 2. The molecule has 2 unspecified atom stereocenters. The molecule has 1 aliphatic heterocycles. The van der Waals surface area contributed by atoms with Gasteiger partial charge in [0.1, 0.15) is 0 Å². The number of aromatic nitrogens is 2. The monoisotopic (exact) mass is 474 g/mol. The van der Waals surface area contributed by atoms with Gasteiger partial charge in [0.25, 0.3) is 0 Å². The highest BCUT2D eigenvalue weighted by Crippen LogP contribution is 2.44. The minimum absolute atomic E-state index is 0.0143. The molecule has 5 rings (SSSR count). The molecule has 1 saturated carbocycles. The van der Waals surface area contributed by atoms with Crippen molar-refractivity contribution in [3.05, 3.63) is 83.2 Å². The number of hydrogen-bond acceptors (Lipinski definition) is 3. The van der Waals surface area contributed by atoms with Crippen molar-refractivity contribution in [2.75, 3.05) is 18.8 Å². The first-order valence-corrected chi connectivity index (χ1v) is 13.5. The Kier molecular flexibility index (Phi) is 6.95. The number of nitrogens with zero attached hydrogens (tertiary/aromatic N) is 3. The molecule has 2 amide bonds. The van der Waals surface area contributed by atoms with Gasteiger partial charge < -0.3 is 10.2 Å². The molecule has 1 aromatic heterocycles. The van der Waals surface area contributed by atoms with E-state index in [1.54, 1.807) is 0 Å². The van der Waals surface area contributed by atoms with Gasteiger partial charge >= 0.3 is 6.03 Å². The number of urea groups is 1. The first-order chi connectivity index (χ1) is 16.7. The van der Waals surface area contributed by atoms with Crippen LogP contribution < -0.4 is 5.32 Å². The van der Waals surface area contributed by atoms with Crippen molar-refractivity contribution in [2.45, 2.75) is 62.4 Å². The lowest BCUT2D eigenvalue weighted by Gasteiger charge is -2.19. The van der Waals surface area contributed by atoms with Crippen LogP contribution in [0.15, 0.2) is 65.6 Å². The largest absolute Gasteiger partial charge is 0.334 e. The van der Waals surface area contributed by atoms with E-state index in [1.807, 2.05) is 16.7 Å². The fourth-order valence-electron chi connectivity index (χ4n) is 5.05. The molecule has 2 fully saturated rings. The highest BCUT2D eigenvalue weighted by Gasteiger charge is 2.39. The fraction of sp³-hybridized carbons (Fsp3) is 0.429. The molecule has 1 saturated heterocycles. The third-order valence-electron chi connectivity index (χ3n) is 7.02. The normalized spacial score (nSPS) is 20.0. The van der Waals surface area contributed by atoms with Crippen molar-refractivity contribution in [2.24, 2.45) is 0 Å². The smallest absolute Gasteiger partial charge is 0.317 e. The molecule has 0 bridgehead atoms. The van der Waals surface area contributed by atoms with Gasteiger partial charge in [-0.15, -0.1) is 11.8 Å². The van der Waals surface area contributed by atoms with Crippen molar-refractivity contribution in [1.82, 2.24) is 20.0 Å². The van der Waals surface area contributed by atoms with E-state index < -0.39 is 0 Å². The molecule has 0 spiro atoms. The molecule has 1 N–H and O–H groups in total. The zero-order chi connectivity index (χ0) is 23.5. The van der Waals surface area contributed by atoms with Crippen LogP contribution in [0, 0.1) is 0 Å². The van der Waals surface area contributed by atoms with Gasteiger partial charge in [-0.1, -0.05) is 49.4 Å². The van der Waals surface area contributed by atoms with Crippen molar-refractivity contribution in [1.29, 1.82) is 0 Å². The minimum Gasteiger partial charge on any atom is -0.334 e. The molecule has 5 nitrogen and oxygen atoms in total. The topological polar surface area (TPSA) is 50.2 Å². The molecule has 34 heavy (non-hydrogen) atoms. The molecule has 2 aliphatic rings. The Morgan fingerprint density at radius 1 is 1.03 bits per heavy atom. The molecule has 3 aromatic rings. The lowest BCUT2D eigenvalue weighted by molar-refractivity contribution is 0.207. The van der Waals surface area contributed by atoms with Gasteiger partial charge in [-0.05, 0) is 54.8 Å². The van der Waals surface area contributed by atoms with Gasteiger partial charge in [-0.25, -0.2) is 4.79 Å². The summed E-state index contributed by atoms with van der Waals surface area (Å²) in [5, 5.41) is 8.08. The molecule has 2 atom stereocenters. The van der Waals surface area contributed by atoms with E-state index in [4.69, 9.17) is 5.10 Å². The van der Waals surface area contributed by atoms with Crippen LogP contribution in [-0.2, 0) is 13.1 Å². The van der Waals surface area contributed by atoms with Crippen LogP contribution in [0.2, 0.25) is 0 Å². The first kappa shape index (κ1) is 23.0. The number of thioether (sulfide) groups is 1. The van der Waals surface area contributed by atoms with Gasteiger partial charge in [0.05, 0.1) is 5.69 Å². The average Bonchev–Trinajstić information content (AvgIpc) is 3.48. The zero-order valence-electron chi connectivity index (χ0n) is 20.1. The van der Waals surface area contributed by atoms with Gasteiger partial charge in [0.15, 0.2) is 0 Å². The maximum Gasteiger partial charge on any atom is 0.317 e. The van der Waals surface area contributed by atoms with Crippen LogP contribution in [0.5, 0.6) is 0 Å². The standard InChI is InChI=1S/C28H34N4OS/c1-3-32-27(16-26(30-32)22-12-13-22)25-19-31(18-24(25)21-8-6-5-7-9-21)28(33)29-17-20-10-14-23(15-11-20)34-4-2/h5-11,14-16,22,24-25H,3-4,12-13,17-19H2,1-2H3,(H,29,33).